The zero-order valence-electron chi connectivity index (χ0n) is 12.8. The maximum Gasteiger partial charge on any atom is 0.231 e. The van der Waals surface area contributed by atoms with Gasteiger partial charge in [-0.25, -0.2) is 4.98 Å². The number of benzene rings is 1. The Morgan fingerprint density at radius 3 is 2.83 bits per heavy atom. The number of nitrogens with zero attached hydrogens (tertiary/aromatic N) is 2. The number of hydrogen-bond acceptors (Lipinski definition) is 4. The molecule has 2 aliphatic rings. The van der Waals surface area contributed by atoms with Gasteiger partial charge >= 0.3 is 0 Å². The fraction of sp³-hybridized carbons (Fsp3) is 0.471. The Morgan fingerprint density at radius 2 is 2.04 bits per heavy atom. The normalized spacial score (nSPS) is 22.2. The van der Waals surface area contributed by atoms with E-state index in [2.05, 4.69) is 10.3 Å². The Kier molecular flexibility index (Phi) is 3.77. The number of rotatable bonds is 3. The lowest BCUT2D eigenvalue weighted by Crippen LogP contribution is -2.35. The largest absolute Gasteiger partial charge is 0.339 e. The molecule has 5 nitrogen and oxygen atoms in total. The molecule has 2 fully saturated rings. The highest BCUT2D eigenvalue weighted by Gasteiger charge is 2.38. The third kappa shape index (κ3) is 2.83. The summed E-state index contributed by atoms with van der Waals surface area (Å²) in [4.78, 5) is 31.0. The summed E-state index contributed by atoms with van der Waals surface area (Å²) in [5.41, 5.74) is 0.892. The molecule has 0 bridgehead atoms. The number of fused-ring (bicyclic) bond motifs is 1. The van der Waals surface area contributed by atoms with Crippen LogP contribution in [0, 0.1) is 5.92 Å². The summed E-state index contributed by atoms with van der Waals surface area (Å²) in [5.74, 6) is -0.214. The fourth-order valence-electron chi connectivity index (χ4n) is 3.61. The molecule has 2 amide bonds. The zero-order valence-corrected chi connectivity index (χ0v) is 13.6. The van der Waals surface area contributed by atoms with Crippen molar-refractivity contribution in [2.45, 2.75) is 38.1 Å². The van der Waals surface area contributed by atoms with Gasteiger partial charge < -0.3 is 10.2 Å². The molecule has 1 atom stereocenters. The number of aromatic nitrogens is 1. The molecule has 6 heteroatoms. The molecule has 1 saturated carbocycles. The van der Waals surface area contributed by atoms with Crippen molar-refractivity contribution in [2.75, 3.05) is 11.9 Å². The van der Waals surface area contributed by atoms with E-state index in [0.717, 1.165) is 23.1 Å². The molecule has 0 radical (unpaired) electrons. The Bertz CT molecular complexity index is 718. The van der Waals surface area contributed by atoms with Gasteiger partial charge in [0, 0.05) is 19.0 Å². The molecule has 1 N–H and O–H groups in total. The van der Waals surface area contributed by atoms with E-state index in [1.54, 1.807) is 0 Å². The van der Waals surface area contributed by atoms with Crippen molar-refractivity contribution in [2.24, 2.45) is 5.92 Å². The molecule has 4 rings (SSSR count). The second-order valence-corrected chi connectivity index (χ2v) is 7.39. The van der Waals surface area contributed by atoms with Gasteiger partial charge in [0.15, 0.2) is 5.13 Å². The Hall–Kier alpha value is -1.95. The standard InChI is InChI=1S/C17H19N3O2S/c21-15-9-11(10-20(15)12-5-1-2-6-12)16(22)19-17-18-13-7-3-4-8-14(13)23-17/h3-4,7-8,11-12H,1-2,5-6,9-10H2,(H,18,19,22)/t11-/m1/s1. The lowest BCUT2D eigenvalue weighted by atomic mass is 10.1. The van der Waals surface area contributed by atoms with Crippen LogP contribution in [0.5, 0.6) is 0 Å². The Balaban J connectivity index is 1.44. The second kappa shape index (κ2) is 5.92. The summed E-state index contributed by atoms with van der Waals surface area (Å²) in [6, 6.07) is 8.17. The van der Waals surface area contributed by atoms with Gasteiger partial charge in [0.05, 0.1) is 16.1 Å². The van der Waals surface area contributed by atoms with Crippen LogP contribution in [0.25, 0.3) is 10.2 Å². The maximum atomic E-state index is 12.5. The molecule has 1 aromatic heterocycles. The number of anilines is 1. The van der Waals surface area contributed by atoms with Crippen molar-refractivity contribution in [1.29, 1.82) is 0 Å². The first kappa shape index (κ1) is 14.6. The number of amides is 2. The number of carbonyl (C=O) groups is 2. The van der Waals surface area contributed by atoms with E-state index >= 15 is 0 Å². The molecule has 23 heavy (non-hydrogen) atoms. The van der Waals surface area contributed by atoms with E-state index in [0.29, 0.717) is 24.1 Å². The molecule has 2 heterocycles. The van der Waals surface area contributed by atoms with Crippen molar-refractivity contribution < 1.29 is 9.59 Å². The summed E-state index contributed by atoms with van der Waals surface area (Å²) in [7, 11) is 0. The number of carbonyl (C=O) groups excluding carboxylic acids is 2. The predicted octanol–water partition coefficient (Wildman–Crippen LogP) is 3.03. The van der Waals surface area contributed by atoms with Crippen molar-refractivity contribution in [3.05, 3.63) is 24.3 Å². The molecule has 2 aromatic rings. The van der Waals surface area contributed by atoms with Gasteiger partial charge in [0.25, 0.3) is 0 Å². The summed E-state index contributed by atoms with van der Waals surface area (Å²) in [6.45, 7) is 0.556. The van der Waals surface area contributed by atoms with Gasteiger partial charge in [-0.05, 0) is 25.0 Å². The van der Waals surface area contributed by atoms with Crippen LogP contribution in [0.4, 0.5) is 5.13 Å². The zero-order chi connectivity index (χ0) is 15.8. The van der Waals surface area contributed by atoms with E-state index in [9.17, 15) is 9.59 Å². The highest BCUT2D eigenvalue weighted by Crippen LogP contribution is 2.31. The van der Waals surface area contributed by atoms with E-state index in [1.165, 1.54) is 24.2 Å². The number of thiazole rings is 1. The van der Waals surface area contributed by atoms with E-state index in [-0.39, 0.29) is 17.7 Å². The van der Waals surface area contributed by atoms with Crippen LogP contribution >= 0.6 is 11.3 Å². The first-order chi connectivity index (χ1) is 11.2. The van der Waals surface area contributed by atoms with Crippen LogP contribution in [0.3, 0.4) is 0 Å². The third-order valence-electron chi connectivity index (χ3n) is 4.82. The minimum Gasteiger partial charge on any atom is -0.339 e. The van der Waals surface area contributed by atoms with Gasteiger partial charge in [-0.2, -0.15) is 0 Å². The van der Waals surface area contributed by atoms with Crippen molar-refractivity contribution in [3.63, 3.8) is 0 Å². The first-order valence-corrected chi connectivity index (χ1v) is 8.98. The SMILES string of the molecule is O=C(Nc1nc2ccccc2s1)[C@@H]1CC(=O)N(C2CCCC2)C1. The monoisotopic (exact) mass is 329 g/mol. The maximum absolute atomic E-state index is 12.5. The molecular formula is C17H19N3O2S. The van der Waals surface area contributed by atoms with E-state index in [4.69, 9.17) is 0 Å². The van der Waals surface area contributed by atoms with Gasteiger partial charge in [-0.15, -0.1) is 0 Å². The van der Waals surface area contributed by atoms with Gasteiger partial charge in [0.1, 0.15) is 0 Å². The Labute approximate surface area is 138 Å². The van der Waals surface area contributed by atoms with Crippen LogP contribution in [0.1, 0.15) is 32.1 Å². The fourth-order valence-corrected chi connectivity index (χ4v) is 4.48. The lowest BCUT2D eigenvalue weighted by molar-refractivity contribution is -0.129. The van der Waals surface area contributed by atoms with Gasteiger partial charge in [-0.1, -0.05) is 36.3 Å². The van der Waals surface area contributed by atoms with Gasteiger partial charge in [-0.3, -0.25) is 9.59 Å². The molecular weight excluding hydrogens is 310 g/mol. The average Bonchev–Trinajstić information content (AvgIpc) is 3.24. The van der Waals surface area contributed by atoms with E-state index in [1.807, 2.05) is 29.2 Å². The highest BCUT2D eigenvalue weighted by molar-refractivity contribution is 7.22. The van der Waals surface area contributed by atoms with Gasteiger partial charge in [0.2, 0.25) is 11.8 Å². The van der Waals surface area contributed by atoms with Crippen LogP contribution in [0.2, 0.25) is 0 Å². The van der Waals surface area contributed by atoms with Crippen LogP contribution in [-0.4, -0.2) is 34.3 Å². The molecule has 1 aliphatic carbocycles. The quantitative estimate of drug-likeness (QED) is 0.941. The second-order valence-electron chi connectivity index (χ2n) is 6.36. The van der Waals surface area contributed by atoms with Crippen molar-refractivity contribution in [1.82, 2.24) is 9.88 Å². The minimum atomic E-state index is -0.255. The number of hydrogen-bond donors (Lipinski definition) is 1. The lowest BCUT2D eigenvalue weighted by Gasteiger charge is -2.23. The predicted molar refractivity (Wildman–Crippen MR) is 90.3 cm³/mol. The van der Waals surface area contributed by atoms with E-state index < -0.39 is 0 Å². The topological polar surface area (TPSA) is 62.3 Å². The van der Waals surface area contributed by atoms with Crippen LogP contribution in [-0.2, 0) is 9.59 Å². The molecule has 0 spiro atoms. The summed E-state index contributed by atoms with van der Waals surface area (Å²) >= 11 is 1.47. The van der Waals surface area contributed by atoms with Crippen molar-refractivity contribution in [3.8, 4) is 0 Å². The number of para-hydroxylation sites is 1. The molecule has 120 valence electrons. The third-order valence-corrected chi connectivity index (χ3v) is 5.77. The minimum absolute atomic E-state index is 0.0853. The Morgan fingerprint density at radius 1 is 1.26 bits per heavy atom. The molecule has 0 unspecified atom stereocenters. The number of nitrogens with one attached hydrogen (secondary N) is 1. The molecule has 1 aromatic carbocycles. The van der Waals surface area contributed by atoms with Crippen LogP contribution < -0.4 is 5.32 Å². The smallest absolute Gasteiger partial charge is 0.231 e. The summed E-state index contributed by atoms with van der Waals surface area (Å²) < 4.78 is 1.05. The van der Waals surface area contributed by atoms with Crippen molar-refractivity contribution >= 4 is 38.5 Å². The molecule has 1 aliphatic heterocycles. The number of likely N-dealkylation sites (tertiary alicyclic amines) is 1. The average molecular weight is 329 g/mol. The highest BCUT2D eigenvalue weighted by atomic mass is 32.1. The summed E-state index contributed by atoms with van der Waals surface area (Å²) in [6.07, 6.45) is 4.87. The van der Waals surface area contributed by atoms with Crippen LogP contribution in [0.15, 0.2) is 24.3 Å². The summed E-state index contributed by atoms with van der Waals surface area (Å²) in [5, 5.41) is 3.51. The first-order valence-electron chi connectivity index (χ1n) is 8.16. The molecule has 1 saturated heterocycles.